The lowest BCUT2D eigenvalue weighted by atomic mass is 9.65. The number of carbonyl (C=O) groups excluding carboxylic acids is 2. The maximum Gasteiger partial charge on any atom is 0.312 e. The highest BCUT2D eigenvalue weighted by atomic mass is 79.9. The lowest BCUT2D eigenvalue weighted by Crippen LogP contribution is -2.49. The monoisotopic (exact) mass is 518 g/mol. The summed E-state index contributed by atoms with van der Waals surface area (Å²) >= 11 is 8.93. The lowest BCUT2D eigenvalue weighted by molar-refractivity contribution is -0.161. The van der Waals surface area contributed by atoms with Crippen molar-refractivity contribution in [2.45, 2.75) is 14.8 Å². The Morgan fingerprint density at radius 1 is 0.828 bits per heavy atom. The van der Waals surface area contributed by atoms with Crippen molar-refractivity contribution in [2.24, 2.45) is 100 Å². The molecule has 0 aromatic carbocycles. The molecule has 0 aromatic rings. The van der Waals surface area contributed by atoms with Gasteiger partial charge >= 0.3 is 11.9 Å². The van der Waals surface area contributed by atoms with Crippen LogP contribution in [0, 0.1) is 100 Å². The molecule has 2 bridgehead atoms. The van der Waals surface area contributed by atoms with E-state index in [9.17, 15) is 9.59 Å². The lowest BCUT2D eigenvalue weighted by Gasteiger charge is -2.43. The van der Waals surface area contributed by atoms with Gasteiger partial charge in [-0.2, -0.15) is 0 Å². The second-order valence-corrected chi connectivity index (χ2v) is 15.5. The molecule has 0 amide bonds. The van der Waals surface area contributed by atoms with Gasteiger partial charge in [0.15, 0.2) is 0 Å². The molecule has 12 fully saturated rings. The fraction of sp³-hybridized carbons (Fsp3) is 0.913. The van der Waals surface area contributed by atoms with Gasteiger partial charge in [0.25, 0.3) is 0 Å². The van der Waals surface area contributed by atoms with Crippen LogP contribution in [0.4, 0.5) is 0 Å². The van der Waals surface area contributed by atoms with Crippen LogP contribution in [-0.2, 0) is 19.1 Å². The van der Waals surface area contributed by atoms with Crippen LogP contribution in [0.2, 0.25) is 0 Å². The Hall–Kier alpha value is -0.100. The minimum Gasteiger partial charge on any atom is -0.469 e. The smallest absolute Gasteiger partial charge is 0.312 e. The molecule has 16 atom stereocenters. The molecule has 150 valence electrons. The molecule has 29 heavy (non-hydrogen) atoms. The average Bonchev–Trinajstić information content (AvgIpc) is 3.46. The van der Waals surface area contributed by atoms with Crippen molar-refractivity contribution in [3.63, 3.8) is 0 Å². The standard InChI is InChI=1S/C23H20Br2O4/c1-28-20(27)21-15-13-2-3-10-12-5-7(18(21)23(12,25)14(3)15)6-4-8(5)19(26)29-16(10)9(2)11(4)22(13,24)17(6)21/h2-18H,1H3. The minimum absolute atomic E-state index is 0.0510. The summed E-state index contributed by atoms with van der Waals surface area (Å²) in [7, 11) is 1.62. The second kappa shape index (κ2) is 3.41. The summed E-state index contributed by atoms with van der Waals surface area (Å²) in [4.78, 5) is 27.4. The van der Waals surface area contributed by atoms with Crippen molar-refractivity contribution in [3.05, 3.63) is 0 Å². The van der Waals surface area contributed by atoms with Gasteiger partial charge in [0, 0.05) is 20.5 Å². The largest absolute Gasteiger partial charge is 0.469 e. The zero-order valence-corrected chi connectivity index (χ0v) is 18.9. The number of hydrogen-bond donors (Lipinski definition) is 0. The highest BCUT2D eigenvalue weighted by Crippen LogP contribution is 3.03. The highest BCUT2D eigenvalue weighted by Gasteiger charge is 3.06. The Labute approximate surface area is 184 Å². The molecule has 10 aliphatic carbocycles. The average molecular weight is 520 g/mol. The molecule has 12 aliphatic rings. The first-order valence-electron chi connectivity index (χ1n) is 11.6. The summed E-state index contributed by atoms with van der Waals surface area (Å²) in [6, 6.07) is 0. The van der Waals surface area contributed by atoms with Crippen molar-refractivity contribution in [1.82, 2.24) is 0 Å². The van der Waals surface area contributed by atoms with E-state index in [-0.39, 0.29) is 38.0 Å². The number of ether oxygens (including phenoxy) is 2. The van der Waals surface area contributed by atoms with E-state index in [0.717, 1.165) is 0 Å². The predicted molar refractivity (Wildman–Crippen MR) is 103 cm³/mol. The molecule has 12 rings (SSSR count). The highest BCUT2D eigenvalue weighted by molar-refractivity contribution is 9.10. The van der Waals surface area contributed by atoms with Crippen molar-refractivity contribution >= 4 is 43.8 Å². The van der Waals surface area contributed by atoms with Crippen LogP contribution in [0.3, 0.4) is 0 Å². The summed E-state index contributed by atoms with van der Waals surface area (Å²) in [5.41, 5.74) is -0.295. The van der Waals surface area contributed by atoms with E-state index < -0.39 is 0 Å². The molecule has 0 aromatic heterocycles. The summed E-state index contributed by atoms with van der Waals surface area (Å²) in [5.74, 6) is 8.25. The first kappa shape index (κ1) is 14.9. The number of esters is 2. The molecule has 0 spiro atoms. The second-order valence-electron chi connectivity index (χ2n) is 12.7. The van der Waals surface area contributed by atoms with Gasteiger partial charge in [0.05, 0.1) is 18.4 Å². The van der Waals surface area contributed by atoms with E-state index in [1.54, 1.807) is 7.11 Å². The molecule has 16 unspecified atom stereocenters. The van der Waals surface area contributed by atoms with Crippen LogP contribution in [0.1, 0.15) is 0 Å². The number of methoxy groups -OCH3 is 1. The number of rotatable bonds is 1. The Bertz CT molecular complexity index is 1010. The molecular weight excluding hydrogens is 500 g/mol. The van der Waals surface area contributed by atoms with Gasteiger partial charge in [-0.05, 0) is 76.9 Å². The van der Waals surface area contributed by atoms with E-state index in [0.29, 0.717) is 88.8 Å². The van der Waals surface area contributed by atoms with Crippen molar-refractivity contribution in [1.29, 1.82) is 0 Å². The van der Waals surface area contributed by atoms with Gasteiger partial charge < -0.3 is 9.47 Å². The Kier molecular flexibility index (Phi) is 1.75. The van der Waals surface area contributed by atoms with Gasteiger partial charge in [-0.1, -0.05) is 31.9 Å². The summed E-state index contributed by atoms with van der Waals surface area (Å²) < 4.78 is 12.2. The summed E-state index contributed by atoms with van der Waals surface area (Å²) in [6.07, 6.45) is 0.162. The van der Waals surface area contributed by atoms with E-state index in [1.165, 1.54) is 0 Å². The van der Waals surface area contributed by atoms with Crippen LogP contribution < -0.4 is 0 Å². The Balaban J connectivity index is 1.40. The summed E-state index contributed by atoms with van der Waals surface area (Å²) in [5, 5.41) is 0. The van der Waals surface area contributed by atoms with E-state index in [1.807, 2.05) is 0 Å². The number of carbonyl (C=O) groups is 2. The quantitative estimate of drug-likeness (QED) is 0.394. The van der Waals surface area contributed by atoms with Crippen molar-refractivity contribution in [3.8, 4) is 0 Å². The van der Waals surface area contributed by atoms with Crippen LogP contribution in [0.15, 0.2) is 0 Å². The number of halogens is 2. The molecule has 2 saturated heterocycles. The molecule has 0 radical (unpaired) electrons. The van der Waals surface area contributed by atoms with Crippen LogP contribution in [0.25, 0.3) is 0 Å². The van der Waals surface area contributed by atoms with Crippen LogP contribution in [-0.4, -0.2) is 33.8 Å². The Morgan fingerprint density at radius 3 is 1.90 bits per heavy atom. The third kappa shape index (κ3) is 0.833. The van der Waals surface area contributed by atoms with E-state index in [2.05, 4.69) is 31.9 Å². The predicted octanol–water partition coefficient (Wildman–Crippen LogP) is 2.33. The van der Waals surface area contributed by atoms with Crippen molar-refractivity contribution < 1.29 is 19.1 Å². The number of fused-ring (bicyclic) bond motifs is 1. The topological polar surface area (TPSA) is 52.6 Å². The van der Waals surface area contributed by atoms with E-state index >= 15 is 0 Å². The van der Waals surface area contributed by atoms with Gasteiger partial charge in [-0.3, -0.25) is 9.59 Å². The SMILES string of the molecule is COC(=O)C12C3C4C5C6C7OC(=O)C8C9C(C%10C8C8C7C5C3C8(Br)C%101)C2C4(Br)C69. The zero-order chi connectivity index (χ0) is 18.9. The third-order valence-corrected chi connectivity index (χ3v) is 17.0. The molecule has 10 saturated carbocycles. The first-order valence-corrected chi connectivity index (χ1v) is 13.2. The summed E-state index contributed by atoms with van der Waals surface area (Å²) in [6.45, 7) is 0. The fourth-order valence-electron chi connectivity index (χ4n) is 15.3. The van der Waals surface area contributed by atoms with Crippen molar-refractivity contribution in [2.75, 3.05) is 7.11 Å². The fourth-order valence-corrected chi connectivity index (χ4v) is 19.1. The van der Waals surface area contributed by atoms with Gasteiger partial charge in [0.1, 0.15) is 6.10 Å². The van der Waals surface area contributed by atoms with E-state index in [4.69, 9.17) is 9.47 Å². The van der Waals surface area contributed by atoms with Gasteiger partial charge in [0.2, 0.25) is 0 Å². The molecular formula is C23H20Br2O4. The normalized spacial score (nSPS) is 86.3. The molecule has 2 heterocycles. The molecule has 2 aliphatic heterocycles. The van der Waals surface area contributed by atoms with Gasteiger partial charge in [-0.25, -0.2) is 0 Å². The third-order valence-electron chi connectivity index (χ3n) is 13.9. The number of alkyl halides is 2. The maximum absolute atomic E-state index is 13.8. The molecule has 6 heteroatoms. The van der Waals surface area contributed by atoms with Crippen LogP contribution in [0.5, 0.6) is 0 Å². The first-order chi connectivity index (χ1) is 14.0. The van der Waals surface area contributed by atoms with Gasteiger partial charge in [-0.15, -0.1) is 0 Å². The molecule has 4 nitrogen and oxygen atoms in total. The maximum atomic E-state index is 13.8. The zero-order valence-electron chi connectivity index (χ0n) is 15.7. The minimum atomic E-state index is -0.295. The molecule has 0 N–H and O–H groups in total. The Morgan fingerprint density at radius 2 is 1.38 bits per heavy atom. The number of hydrogen-bond acceptors (Lipinski definition) is 4. The van der Waals surface area contributed by atoms with Crippen LogP contribution >= 0.6 is 31.9 Å².